The number of para-hydroxylation sites is 1. The Labute approximate surface area is 176 Å². The van der Waals surface area contributed by atoms with Crippen molar-refractivity contribution in [3.63, 3.8) is 0 Å². The minimum Gasteiger partial charge on any atom is -0.318 e. The number of nitrogens with one attached hydrogen (secondary N) is 1. The van der Waals surface area contributed by atoms with E-state index < -0.39 is 5.91 Å². The monoisotopic (exact) mass is 423 g/mol. The van der Waals surface area contributed by atoms with E-state index in [1.165, 1.54) is 26.9 Å². The van der Waals surface area contributed by atoms with Crippen LogP contribution in [0.5, 0.6) is 0 Å². The second-order valence-corrected chi connectivity index (χ2v) is 8.33. The SMILES string of the molecule is Cc1sc2ncn(CC(=O)Nc3c(C)n(C)n(-c4ccccc4)c3=O)c(=O)c2c1C. The summed E-state index contributed by atoms with van der Waals surface area (Å²) in [5.74, 6) is -0.464. The first-order valence-electron chi connectivity index (χ1n) is 9.38. The van der Waals surface area contributed by atoms with Crippen LogP contribution in [0.25, 0.3) is 15.9 Å². The molecule has 0 bridgehead atoms. The standard InChI is InChI=1S/C21H21N5O3S/c1-12-14(3)30-19-17(12)20(28)25(11-22-19)10-16(27)23-18-13(2)24(4)26(21(18)29)15-8-6-5-7-9-15/h5-9,11H,10H2,1-4H3,(H,23,27). The number of aromatic nitrogens is 4. The zero-order valence-electron chi connectivity index (χ0n) is 17.1. The Hall–Kier alpha value is -3.46. The third-order valence-corrected chi connectivity index (χ3v) is 6.40. The van der Waals surface area contributed by atoms with Crippen molar-refractivity contribution in [2.45, 2.75) is 27.3 Å². The summed E-state index contributed by atoms with van der Waals surface area (Å²) in [5.41, 5.74) is 1.79. The van der Waals surface area contributed by atoms with E-state index in [1.54, 1.807) is 18.7 Å². The summed E-state index contributed by atoms with van der Waals surface area (Å²) in [7, 11) is 1.75. The molecule has 0 aliphatic rings. The van der Waals surface area contributed by atoms with Gasteiger partial charge in [-0.1, -0.05) is 18.2 Å². The maximum absolute atomic E-state index is 12.9. The molecule has 8 nitrogen and oxygen atoms in total. The van der Waals surface area contributed by atoms with Crippen LogP contribution in [0.15, 0.2) is 46.2 Å². The molecule has 3 aromatic heterocycles. The van der Waals surface area contributed by atoms with Crippen LogP contribution in [-0.4, -0.2) is 24.8 Å². The van der Waals surface area contributed by atoms with Gasteiger partial charge >= 0.3 is 0 Å². The molecule has 3 heterocycles. The number of hydrogen-bond acceptors (Lipinski definition) is 5. The van der Waals surface area contributed by atoms with Gasteiger partial charge in [-0.05, 0) is 38.5 Å². The van der Waals surface area contributed by atoms with Gasteiger partial charge in [-0.2, -0.15) is 0 Å². The van der Waals surface area contributed by atoms with E-state index in [0.29, 0.717) is 21.6 Å². The second-order valence-electron chi connectivity index (χ2n) is 7.13. The number of fused-ring (bicyclic) bond motifs is 1. The number of rotatable bonds is 4. The predicted molar refractivity (Wildman–Crippen MR) is 118 cm³/mol. The van der Waals surface area contributed by atoms with Gasteiger partial charge in [0.15, 0.2) is 0 Å². The van der Waals surface area contributed by atoms with Crippen LogP contribution in [0.4, 0.5) is 5.69 Å². The molecule has 0 aliphatic heterocycles. The molecule has 0 atom stereocenters. The van der Waals surface area contributed by atoms with E-state index in [4.69, 9.17) is 0 Å². The second kappa shape index (κ2) is 7.42. The van der Waals surface area contributed by atoms with Gasteiger partial charge in [0.05, 0.1) is 23.1 Å². The molecule has 0 unspecified atom stereocenters. The molecule has 30 heavy (non-hydrogen) atoms. The summed E-state index contributed by atoms with van der Waals surface area (Å²) in [6, 6.07) is 9.18. The Morgan fingerprint density at radius 3 is 2.50 bits per heavy atom. The molecule has 0 saturated carbocycles. The van der Waals surface area contributed by atoms with Gasteiger partial charge in [0, 0.05) is 11.9 Å². The lowest BCUT2D eigenvalue weighted by atomic mass is 10.2. The fraction of sp³-hybridized carbons (Fsp3) is 0.238. The van der Waals surface area contributed by atoms with Crippen LogP contribution in [0.1, 0.15) is 16.1 Å². The summed E-state index contributed by atoms with van der Waals surface area (Å²) in [6.45, 7) is 5.35. The highest BCUT2D eigenvalue weighted by atomic mass is 32.1. The van der Waals surface area contributed by atoms with Gasteiger partial charge in [-0.15, -0.1) is 11.3 Å². The van der Waals surface area contributed by atoms with E-state index in [-0.39, 0.29) is 23.4 Å². The van der Waals surface area contributed by atoms with Crippen molar-refractivity contribution < 1.29 is 4.79 Å². The molecular weight excluding hydrogens is 402 g/mol. The molecule has 0 spiro atoms. The Balaban J connectivity index is 1.65. The van der Waals surface area contributed by atoms with E-state index >= 15 is 0 Å². The van der Waals surface area contributed by atoms with Crippen LogP contribution in [-0.2, 0) is 18.4 Å². The molecule has 1 amide bonds. The Morgan fingerprint density at radius 2 is 1.80 bits per heavy atom. The van der Waals surface area contributed by atoms with Gasteiger partial charge in [-0.25, -0.2) is 9.67 Å². The lowest BCUT2D eigenvalue weighted by Gasteiger charge is -2.07. The molecule has 4 aromatic rings. The predicted octanol–water partition coefficient (Wildman–Crippen LogP) is 2.51. The highest BCUT2D eigenvalue weighted by Crippen LogP contribution is 2.25. The zero-order valence-corrected chi connectivity index (χ0v) is 17.9. The normalized spacial score (nSPS) is 11.2. The fourth-order valence-corrected chi connectivity index (χ4v) is 4.42. The molecule has 0 saturated heterocycles. The molecule has 0 radical (unpaired) electrons. The lowest BCUT2D eigenvalue weighted by molar-refractivity contribution is -0.116. The van der Waals surface area contributed by atoms with E-state index in [0.717, 1.165) is 10.4 Å². The van der Waals surface area contributed by atoms with E-state index in [9.17, 15) is 14.4 Å². The maximum atomic E-state index is 12.9. The molecule has 154 valence electrons. The summed E-state index contributed by atoms with van der Waals surface area (Å²) < 4.78 is 4.44. The van der Waals surface area contributed by atoms with Crippen molar-refractivity contribution in [2.75, 3.05) is 5.32 Å². The fourth-order valence-electron chi connectivity index (χ4n) is 3.43. The van der Waals surface area contributed by atoms with Crippen molar-refractivity contribution in [3.05, 3.63) is 73.5 Å². The Morgan fingerprint density at radius 1 is 1.10 bits per heavy atom. The molecule has 1 aromatic carbocycles. The van der Waals surface area contributed by atoms with Crippen molar-refractivity contribution in [3.8, 4) is 5.69 Å². The van der Waals surface area contributed by atoms with Crippen LogP contribution in [0, 0.1) is 20.8 Å². The number of carbonyl (C=O) groups is 1. The molecule has 1 N–H and O–H groups in total. The lowest BCUT2D eigenvalue weighted by Crippen LogP contribution is -2.29. The van der Waals surface area contributed by atoms with E-state index in [1.807, 2.05) is 44.2 Å². The van der Waals surface area contributed by atoms with Crippen molar-refractivity contribution in [2.24, 2.45) is 7.05 Å². The zero-order chi connectivity index (χ0) is 21.6. The highest BCUT2D eigenvalue weighted by Gasteiger charge is 2.19. The first-order valence-corrected chi connectivity index (χ1v) is 10.2. The van der Waals surface area contributed by atoms with Gasteiger partial charge < -0.3 is 5.32 Å². The average molecular weight is 423 g/mol. The molecule has 9 heteroatoms. The summed E-state index contributed by atoms with van der Waals surface area (Å²) in [5, 5.41) is 3.21. The maximum Gasteiger partial charge on any atom is 0.295 e. The van der Waals surface area contributed by atoms with Crippen LogP contribution in [0.3, 0.4) is 0 Å². The van der Waals surface area contributed by atoms with Crippen LogP contribution < -0.4 is 16.4 Å². The largest absolute Gasteiger partial charge is 0.318 e. The third kappa shape index (κ3) is 3.17. The minimum absolute atomic E-state index is 0.191. The summed E-state index contributed by atoms with van der Waals surface area (Å²) in [6.07, 6.45) is 1.37. The van der Waals surface area contributed by atoms with Gasteiger partial charge in [-0.3, -0.25) is 23.6 Å². The van der Waals surface area contributed by atoms with Gasteiger partial charge in [0.1, 0.15) is 17.1 Å². The molecular formula is C21H21N5O3S. The van der Waals surface area contributed by atoms with Crippen LogP contribution >= 0.6 is 11.3 Å². The van der Waals surface area contributed by atoms with Crippen molar-refractivity contribution in [1.29, 1.82) is 0 Å². The summed E-state index contributed by atoms with van der Waals surface area (Å²) in [4.78, 5) is 44.4. The van der Waals surface area contributed by atoms with Gasteiger partial charge in [0.25, 0.3) is 11.1 Å². The van der Waals surface area contributed by atoms with Crippen molar-refractivity contribution in [1.82, 2.24) is 18.9 Å². The number of aryl methyl sites for hydroxylation is 2. The number of hydrogen-bond donors (Lipinski definition) is 1. The number of thiophene rings is 1. The Bertz CT molecular complexity index is 1390. The number of amides is 1. The minimum atomic E-state index is -0.464. The number of benzene rings is 1. The highest BCUT2D eigenvalue weighted by molar-refractivity contribution is 7.18. The number of anilines is 1. The van der Waals surface area contributed by atoms with Crippen molar-refractivity contribution >= 4 is 33.1 Å². The summed E-state index contributed by atoms with van der Waals surface area (Å²) >= 11 is 1.46. The number of nitrogens with zero attached hydrogens (tertiary/aromatic N) is 4. The molecule has 4 rings (SSSR count). The number of carbonyl (C=O) groups excluding carboxylic acids is 1. The third-order valence-electron chi connectivity index (χ3n) is 5.29. The first-order chi connectivity index (χ1) is 14.3. The smallest absolute Gasteiger partial charge is 0.295 e. The Kier molecular flexibility index (Phi) is 4.90. The quantitative estimate of drug-likeness (QED) is 0.546. The van der Waals surface area contributed by atoms with Gasteiger partial charge in [0.2, 0.25) is 5.91 Å². The van der Waals surface area contributed by atoms with E-state index in [2.05, 4.69) is 10.3 Å². The average Bonchev–Trinajstić information content (AvgIpc) is 3.13. The topological polar surface area (TPSA) is 90.9 Å². The molecule has 0 aliphatic carbocycles. The molecule has 0 fully saturated rings. The van der Waals surface area contributed by atoms with Crippen LogP contribution in [0.2, 0.25) is 0 Å². The first kappa shape index (κ1) is 19.8.